The molecule has 12 heteroatoms. The zero-order valence-electron chi connectivity index (χ0n) is 15.9. The van der Waals surface area contributed by atoms with Crippen molar-refractivity contribution in [3.63, 3.8) is 0 Å². The number of hydrogen-bond acceptors (Lipinski definition) is 6. The number of halogens is 4. The van der Waals surface area contributed by atoms with Gasteiger partial charge in [0, 0.05) is 25.0 Å². The molecule has 31 heavy (non-hydrogen) atoms. The normalized spacial score (nSPS) is 11.0. The molecule has 162 valence electrons. The summed E-state index contributed by atoms with van der Waals surface area (Å²) in [6, 6.07) is 11.3. The van der Waals surface area contributed by atoms with E-state index in [9.17, 15) is 18.0 Å². The number of benzene rings is 1. The van der Waals surface area contributed by atoms with E-state index in [4.69, 9.17) is 11.6 Å². The Morgan fingerprint density at radius 2 is 1.74 bits per heavy atom. The van der Waals surface area contributed by atoms with Gasteiger partial charge >= 0.3 is 12.2 Å². The molecular weight excluding hydrogens is 435 g/mol. The van der Waals surface area contributed by atoms with Gasteiger partial charge in [-0.3, -0.25) is 0 Å². The van der Waals surface area contributed by atoms with Gasteiger partial charge in [0.1, 0.15) is 11.6 Å². The van der Waals surface area contributed by atoms with Gasteiger partial charge in [0.15, 0.2) is 5.82 Å². The second kappa shape index (κ2) is 9.94. The highest BCUT2D eigenvalue weighted by Crippen LogP contribution is 2.36. The zero-order chi connectivity index (χ0) is 22.3. The molecule has 1 aromatic carbocycles. The van der Waals surface area contributed by atoms with Gasteiger partial charge in [0.05, 0.1) is 10.6 Å². The first-order valence-electron chi connectivity index (χ1n) is 8.98. The van der Waals surface area contributed by atoms with E-state index in [-0.39, 0.29) is 12.2 Å². The first kappa shape index (κ1) is 22.1. The maximum Gasteiger partial charge on any atom is 0.417 e. The quantitative estimate of drug-likeness (QED) is 0.394. The highest BCUT2D eigenvalue weighted by molar-refractivity contribution is 6.31. The maximum atomic E-state index is 12.9. The number of amides is 2. The molecule has 0 radical (unpaired) electrons. The molecule has 0 atom stereocenters. The standard InChI is InChI=1S/C19H17ClF3N7O/c20-14-5-4-12(11-13(14)19(21,22)23)27-18(31)26-10-9-25-16-6-7-17(30-29-16)28-15-3-1-2-8-24-15/h1-8,11H,9-10H2,(H,25,29)(H,24,28,30)(H2,26,27,31). The minimum atomic E-state index is -4.61. The Hall–Kier alpha value is -3.60. The molecule has 3 aromatic rings. The third kappa shape index (κ3) is 6.71. The fourth-order valence-electron chi connectivity index (χ4n) is 2.42. The average Bonchev–Trinajstić information content (AvgIpc) is 2.74. The largest absolute Gasteiger partial charge is 0.417 e. The highest BCUT2D eigenvalue weighted by Gasteiger charge is 2.33. The Labute approximate surface area is 180 Å². The molecule has 0 spiro atoms. The summed E-state index contributed by atoms with van der Waals surface area (Å²) in [4.78, 5) is 16.0. The molecule has 2 aromatic heterocycles. The van der Waals surface area contributed by atoms with Crippen molar-refractivity contribution in [1.29, 1.82) is 0 Å². The van der Waals surface area contributed by atoms with E-state index in [0.29, 0.717) is 24.0 Å². The van der Waals surface area contributed by atoms with Crippen LogP contribution in [-0.2, 0) is 6.18 Å². The molecule has 0 aliphatic heterocycles. The van der Waals surface area contributed by atoms with Crippen molar-refractivity contribution >= 4 is 40.8 Å². The number of pyridine rings is 1. The predicted molar refractivity (Wildman–Crippen MR) is 112 cm³/mol. The summed E-state index contributed by atoms with van der Waals surface area (Å²) in [5.74, 6) is 1.64. The smallest absolute Gasteiger partial charge is 0.367 e. The maximum absolute atomic E-state index is 12.9. The molecule has 0 fully saturated rings. The molecule has 2 heterocycles. The van der Waals surface area contributed by atoms with Gasteiger partial charge in [0.25, 0.3) is 0 Å². The van der Waals surface area contributed by atoms with Crippen molar-refractivity contribution in [2.24, 2.45) is 0 Å². The fraction of sp³-hybridized carbons (Fsp3) is 0.158. The van der Waals surface area contributed by atoms with Gasteiger partial charge in [-0.1, -0.05) is 17.7 Å². The van der Waals surface area contributed by atoms with Crippen molar-refractivity contribution in [2.75, 3.05) is 29.0 Å². The number of hydrogen-bond donors (Lipinski definition) is 4. The van der Waals surface area contributed by atoms with E-state index < -0.39 is 22.8 Å². The minimum Gasteiger partial charge on any atom is -0.367 e. The van der Waals surface area contributed by atoms with Gasteiger partial charge in [-0.15, -0.1) is 10.2 Å². The van der Waals surface area contributed by atoms with Crippen LogP contribution in [0, 0.1) is 0 Å². The number of urea groups is 1. The summed E-state index contributed by atoms with van der Waals surface area (Å²) in [5, 5.41) is 18.4. The van der Waals surface area contributed by atoms with Crippen molar-refractivity contribution in [2.45, 2.75) is 6.18 Å². The third-order valence-corrected chi connectivity index (χ3v) is 4.16. The molecule has 0 bridgehead atoms. The number of alkyl halides is 3. The van der Waals surface area contributed by atoms with E-state index >= 15 is 0 Å². The number of carbonyl (C=O) groups is 1. The summed E-state index contributed by atoms with van der Waals surface area (Å²) in [5.41, 5.74) is -1.04. The molecule has 0 aliphatic carbocycles. The second-order valence-corrected chi connectivity index (χ2v) is 6.55. The van der Waals surface area contributed by atoms with Crippen molar-refractivity contribution in [3.05, 3.63) is 65.3 Å². The van der Waals surface area contributed by atoms with E-state index in [0.717, 1.165) is 12.1 Å². The van der Waals surface area contributed by atoms with E-state index in [2.05, 4.69) is 36.4 Å². The molecular formula is C19H17ClF3N7O. The fourth-order valence-corrected chi connectivity index (χ4v) is 2.65. The summed E-state index contributed by atoms with van der Waals surface area (Å²) in [6.07, 6.45) is -2.96. The van der Waals surface area contributed by atoms with Crippen LogP contribution in [-0.4, -0.2) is 34.3 Å². The van der Waals surface area contributed by atoms with E-state index in [1.165, 1.54) is 6.07 Å². The summed E-state index contributed by atoms with van der Waals surface area (Å²) in [6.45, 7) is 0.519. The van der Waals surface area contributed by atoms with Gasteiger partial charge in [-0.2, -0.15) is 13.2 Å². The summed E-state index contributed by atoms with van der Waals surface area (Å²) in [7, 11) is 0. The van der Waals surface area contributed by atoms with Crippen LogP contribution >= 0.6 is 11.6 Å². The summed E-state index contributed by atoms with van der Waals surface area (Å²) >= 11 is 5.55. The molecule has 4 N–H and O–H groups in total. The number of rotatable bonds is 7. The minimum absolute atomic E-state index is 0.0240. The second-order valence-electron chi connectivity index (χ2n) is 6.14. The zero-order valence-corrected chi connectivity index (χ0v) is 16.6. The molecule has 0 aliphatic rings. The van der Waals surface area contributed by atoms with E-state index in [1.54, 1.807) is 30.5 Å². The molecule has 0 unspecified atom stereocenters. The highest BCUT2D eigenvalue weighted by atomic mass is 35.5. The monoisotopic (exact) mass is 451 g/mol. The lowest BCUT2D eigenvalue weighted by Crippen LogP contribution is -2.32. The Kier molecular flexibility index (Phi) is 7.08. The Morgan fingerprint density at radius 1 is 0.968 bits per heavy atom. The number of carbonyl (C=O) groups excluding carboxylic acids is 1. The van der Waals surface area contributed by atoms with Crippen molar-refractivity contribution < 1.29 is 18.0 Å². The van der Waals surface area contributed by atoms with Crippen LogP contribution in [0.15, 0.2) is 54.7 Å². The first-order chi connectivity index (χ1) is 14.8. The lowest BCUT2D eigenvalue weighted by atomic mass is 10.2. The van der Waals surface area contributed by atoms with Gasteiger partial charge in [0.2, 0.25) is 0 Å². The Bertz CT molecular complexity index is 1020. The number of aromatic nitrogens is 3. The van der Waals surface area contributed by atoms with Crippen molar-refractivity contribution in [1.82, 2.24) is 20.5 Å². The molecule has 8 nitrogen and oxygen atoms in total. The molecule has 0 saturated heterocycles. The lowest BCUT2D eigenvalue weighted by molar-refractivity contribution is -0.137. The van der Waals surface area contributed by atoms with Crippen LogP contribution in [0.25, 0.3) is 0 Å². The first-order valence-corrected chi connectivity index (χ1v) is 9.36. The lowest BCUT2D eigenvalue weighted by Gasteiger charge is -2.12. The number of nitrogens with zero attached hydrogens (tertiary/aromatic N) is 3. The van der Waals surface area contributed by atoms with Crippen LogP contribution in [0.2, 0.25) is 5.02 Å². The van der Waals surface area contributed by atoms with Gasteiger partial charge in [-0.25, -0.2) is 9.78 Å². The Morgan fingerprint density at radius 3 is 2.42 bits per heavy atom. The van der Waals surface area contributed by atoms with E-state index in [1.807, 2.05) is 6.07 Å². The van der Waals surface area contributed by atoms with Crippen LogP contribution in [0.5, 0.6) is 0 Å². The van der Waals surface area contributed by atoms with Crippen LogP contribution in [0.3, 0.4) is 0 Å². The van der Waals surface area contributed by atoms with Crippen LogP contribution < -0.4 is 21.3 Å². The average molecular weight is 452 g/mol. The number of nitrogens with one attached hydrogen (secondary N) is 4. The third-order valence-electron chi connectivity index (χ3n) is 3.83. The molecule has 0 saturated carbocycles. The predicted octanol–water partition coefficient (Wildman–Crippen LogP) is 4.52. The topological polar surface area (TPSA) is 104 Å². The molecule has 3 rings (SSSR count). The van der Waals surface area contributed by atoms with Gasteiger partial charge in [-0.05, 0) is 42.5 Å². The van der Waals surface area contributed by atoms with Crippen LogP contribution in [0.4, 0.5) is 41.1 Å². The molecule has 2 amide bonds. The van der Waals surface area contributed by atoms with Gasteiger partial charge < -0.3 is 21.3 Å². The van der Waals surface area contributed by atoms with Crippen molar-refractivity contribution in [3.8, 4) is 0 Å². The summed E-state index contributed by atoms with van der Waals surface area (Å²) < 4.78 is 38.6. The van der Waals surface area contributed by atoms with Crippen LogP contribution in [0.1, 0.15) is 5.56 Å². The SMILES string of the molecule is O=C(NCCNc1ccc(Nc2ccccn2)nn1)Nc1ccc(Cl)c(C(F)(F)F)c1. The Balaban J connectivity index is 1.42. The number of anilines is 4.